The monoisotopic (exact) mass is 376 g/mol. The van der Waals surface area contributed by atoms with E-state index in [2.05, 4.69) is 15.9 Å². The van der Waals surface area contributed by atoms with E-state index in [1.165, 1.54) is 13.2 Å². The van der Waals surface area contributed by atoms with Gasteiger partial charge in [0.1, 0.15) is 11.6 Å². The molecule has 0 radical (unpaired) electrons. The minimum atomic E-state index is -0.524. The summed E-state index contributed by atoms with van der Waals surface area (Å²) in [4.78, 5) is 12.5. The second kappa shape index (κ2) is 6.12. The summed E-state index contributed by atoms with van der Waals surface area (Å²) in [6.07, 6.45) is 0. The Hall–Kier alpha value is -1.10. The number of rotatable bonds is 3. The van der Waals surface area contributed by atoms with E-state index >= 15 is 0 Å². The van der Waals surface area contributed by atoms with E-state index in [0.717, 1.165) is 6.07 Å². The Kier molecular flexibility index (Phi) is 4.68. The van der Waals surface area contributed by atoms with E-state index in [-0.39, 0.29) is 31.4 Å². The van der Waals surface area contributed by atoms with Gasteiger partial charge in [-0.05, 0) is 34.1 Å². The van der Waals surface area contributed by atoms with Crippen molar-refractivity contribution in [2.24, 2.45) is 0 Å². The lowest BCUT2D eigenvalue weighted by Crippen LogP contribution is -2.06. The molecule has 2 rings (SSSR count). The van der Waals surface area contributed by atoms with Crippen LogP contribution in [-0.4, -0.2) is 12.9 Å². The number of ether oxygens (including phenoxy) is 1. The standard InChI is InChI=1S/C14H8BrCl2FO2/c1-20-12-6-11(18)8(15)5-7(12)14(19)13-9(16)3-2-4-10(13)17/h2-6H,1H3. The first kappa shape index (κ1) is 15.3. The van der Waals surface area contributed by atoms with Gasteiger partial charge in [-0.25, -0.2) is 4.39 Å². The van der Waals surface area contributed by atoms with Crippen molar-refractivity contribution in [1.82, 2.24) is 0 Å². The van der Waals surface area contributed by atoms with Gasteiger partial charge < -0.3 is 4.74 Å². The van der Waals surface area contributed by atoms with Crippen LogP contribution in [0.4, 0.5) is 4.39 Å². The molecule has 0 atom stereocenters. The van der Waals surface area contributed by atoms with Gasteiger partial charge in [0.25, 0.3) is 0 Å². The molecule has 2 nitrogen and oxygen atoms in total. The van der Waals surface area contributed by atoms with Gasteiger partial charge in [0.15, 0.2) is 5.78 Å². The molecule has 0 heterocycles. The first-order valence-electron chi connectivity index (χ1n) is 5.47. The summed E-state index contributed by atoms with van der Waals surface area (Å²) in [5.74, 6) is -0.839. The van der Waals surface area contributed by atoms with Crippen LogP contribution < -0.4 is 4.74 Å². The maximum atomic E-state index is 13.5. The fraction of sp³-hybridized carbons (Fsp3) is 0.0714. The van der Waals surface area contributed by atoms with E-state index in [1.807, 2.05) is 0 Å². The topological polar surface area (TPSA) is 26.3 Å². The molecule has 0 fully saturated rings. The molecule has 0 spiro atoms. The molecular weight excluding hydrogens is 370 g/mol. The zero-order chi connectivity index (χ0) is 14.9. The van der Waals surface area contributed by atoms with Crippen molar-refractivity contribution in [2.45, 2.75) is 0 Å². The third-order valence-electron chi connectivity index (χ3n) is 2.68. The van der Waals surface area contributed by atoms with E-state index in [9.17, 15) is 9.18 Å². The highest BCUT2D eigenvalue weighted by molar-refractivity contribution is 9.10. The zero-order valence-electron chi connectivity index (χ0n) is 10.2. The number of benzene rings is 2. The molecule has 6 heteroatoms. The minimum absolute atomic E-state index is 0.117. The lowest BCUT2D eigenvalue weighted by Gasteiger charge is -2.11. The number of hydrogen-bond acceptors (Lipinski definition) is 2. The highest BCUT2D eigenvalue weighted by atomic mass is 79.9. The van der Waals surface area contributed by atoms with Crippen LogP contribution >= 0.6 is 39.1 Å². The van der Waals surface area contributed by atoms with Crippen molar-refractivity contribution >= 4 is 44.9 Å². The molecule has 104 valence electrons. The number of methoxy groups -OCH3 is 1. The highest BCUT2D eigenvalue weighted by Crippen LogP contribution is 2.32. The first-order valence-corrected chi connectivity index (χ1v) is 7.02. The predicted molar refractivity (Wildman–Crippen MR) is 80.5 cm³/mol. The minimum Gasteiger partial charge on any atom is -0.496 e. The Morgan fingerprint density at radius 3 is 2.40 bits per heavy atom. The van der Waals surface area contributed by atoms with Gasteiger partial charge in [-0.3, -0.25) is 4.79 Å². The Morgan fingerprint density at radius 1 is 1.25 bits per heavy atom. The van der Waals surface area contributed by atoms with Gasteiger partial charge in [-0.2, -0.15) is 0 Å². The van der Waals surface area contributed by atoms with Crippen LogP contribution in [0.1, 0.15) is 15.9 Å². The summed E-state index contributed by atoms with van der Waals surface area (Å²) in [7, 11) is 1.35. The summed E-state index contributed by atoms with van der Waals surface area (Å²) < 4.78 is 18.7. The number of carbonyl (C=O) groups is 1. The molecule has 0 aliphatic rings. The Balaban J connectivity index is 2.62. The van der Waals surface area contributed by atoms with E-state index in [1.54, 1.807) is 18.2 Å². The second-order valence-corrected chi connectivity index (χ2v) is 5.56. The Bertz CT molecular complexity index is 669. The zero-order valence-corrected chi connectivity index (χ0v) is 13.3. The lowest BCUT2D eigenvalue weighted by molar-refractivity contribution is 0.103. The maximum Gasteiger partial charge on any atom is 0.199 e. The Morgan fingerprint density at radius 2 is 1.85 bits per heavy atom. The van der Waals surface area contributed by atoms with Crippen LogP contribution in [0.3, 0.4) is 0 Å². The molecule has 0 bridgehead atoms. The quantitative estimate of drug-likeness (QED) is 0.692. The van der Waals surface area contributed by atoms with Crippen LogP contribution in [0, 0.1) is 5.82 Å². The molecule has 2 aromatic rings. The lowest BCUT2D eigenvalue weighted by atomic mass is 10.0. The molecule has 0 amide bonds. The van der Waals surface area contributed by atoms with Crippen LogP contribution in [-0.2, 0) is 0 Å². The van der Waals surface area contributed by atoms with Crippen LogP contribution in [0.15, 0.2) is 34.8 Å². The molecule has 2 aromatic carbocycles. The van der Waals surface area contributed by atoms with Crippen molar-refractivity contribution in [3.8, 4) is 5.75 Å². The molecule has 0 saturated carbocycles. The SMILES string of the molecule is COc1cc(F)c(Br)cc1C(=O)c1c(Cl)cccc1Cl. The van der Waals surface area contributed by atoms with Crippen molar-refractivity contribution in [2.75, 3.05) is 7.11 Å². The fourth-order valence-corrected chi connectivity index (χ4v) is 2.64. The molecule has 0 unspecified atom stereocenters. The van der Waals surface area contributed by atoms with E-state index in [4.69, 9.17) is 27.9 Å². The Labute approximate surface area is 133 Å². The number of hydrogen-bond donors (Lipinski definition) is 0. The second-order valence-electron chi connectivity index (χ2n) is 3.89. The fourth-order valence-electron chi connectivity index (χ4n) is 1.72. The average molecular weight is 378 g/mol. The van der Waals surface area contributed by atoms with Gasteiger partial charge >= 0.3 is 0 Å². The molecule has 0 aliphatic carbocycles. The number of carbonyl (C=O) groups excluding carboxylic acids is 1. The number of halogens is 4. The van der Waals surface area contributed by atoms with E-state index in [0.29, 0.717) is 0 Å². The molecule has 0 N–H and O–H groups in total. The smallest absolute Gasteiger partial charge is 0.199 e. The molecule has 0 aromatic heterocycles. The summed E-state index contributed by atoms with van der Waals surface area (Å²) >= 11 is 15.1. The first-order chi connectivity index (χ1) is 9.45. The third kappa shape index (κ3) is 2.82. The van der Waals surface area contributed by atoms with Gasteiger partial charge in [-0.15, -0.1) is 0 Å². The van der Waals surface area contributed by atoms with Crippen LogP contribution in [0.25, 0.3) is 0 Å². The molecular formula is C14H8BrCl2FO2. The van der Waals surface area contributed by atoms with Crippen molar-refractivity contribution in [1.29, 1.82) is 0 Å². The summed E-state index contributed by atoms with van der Waals surface area (Å²) in [5, 5.41) is 0.454. The van der Waals surface area contributed by atoms with Crippen molar-refractivity contribution in [3.05, 3.63) is 61.8 Å². The van der Waals surface area contributed by atoms with Crippen LogP contribution in [0.2, 0.25) is 10.0 Å². The van der Waals surface area contributed by atoms with Gasteiger partial charge in [0, 0.05) is 6.07 Å². The normalized spacial score (nSPS) is 10.4. The average Bonchev–Trinajstić information content (AvgIpc) is 2.41. The molecule has 0 aliphatic heterocycles. The summed E-state index contributed by atoms with van der Waals surface area (Å²) in [5.41, 5.74) is 0.336. The van der Waals surface area contributed by atoms with Gasteiger partial charge in [0.05, 0.1) is 32.8 Å². The van der Waals surface area contributed by atoms with Crippen molar-refractivity contribution < 1.29 is 13.9 Å². The predicted octanol–water partition coefficient (Wildman–Crippen LogP) is 5.13. The summed E-state index contributed by atoms with van der Waals surface area (Å²) in [6.45, 7) is 0. The van der Waals surface area contributed by atoms with Gasteiger partial charge in [-0.1, -0.05) is 29.3 Å². The summed E-state index contributed by atoms with van der Waals surface area (Å²) in [6, 6.07) is 7.23. The molecule has 20 heavy (non-hydrogen) atoms. The largest absolute Gasteiger partial charge is 0.496 e. The van der Waals surface area contributed by atoms with Crippen LogP contribution in [0.5, 0.6) is 5.75 Å². The highest BCUT2D eigenvalue weighted by Gasteiger charge is 2.21. The molecule has 0 saturated heterocycles. The van der Waals surface area contributed by atoms with E-state index < -0.39 is 11.6 Å². The number of ketones is 1. The third-order valence-corrected chi connectivity index (χ3v) is 3.91. The maximum absolute atomic E-state index is 13.5. The van der Waals surface area contributed by atoms with Crippen molar-refractivity contribution in [3.63, 3.8) is 0 Å². The van der Waals surface area contributed by atoms with Gasteiger partial charge in [0.2, 0.25) is 0 Å².